The molecule has 8 heteroatoms. The molecule has 1 saturated carbocycles. The summed E-state index contributed by atoms with van der Waals surface area (Å²) in [6, 6.07) is 12.2. The number of nitrogens with one attached hydrogen (secondary N) is 1. The summed E-state index contributed by atoms with van der Waals surface area (Å²) in [4.78, 5) is 34.4. The van der Waals surface area contributed by atoms with E-state index in [0.717, 1.165) is 31.2 Å². The number of carboxylic acids is 1. The summed E-state index contributed by atoms with van der Waals surface area (Å²) in [5.74, 6) is -0.694. The highest BCUT2D eigenvalue weighted by Gasteiger charge is 2.29. The fraction of sp³-hybridized carbons (Fsp3) is 0.400. The Morgan fingerprint density at radius 2 is 1.58 bits per heavy atom. The van der Waals surface area contributed by atoms with Crippen LogP contribution in [0.3, 0.4) is 0 Å². The Hall–Kier alpha value is -3.39. The molecule has 1 fully saturated rings. The number of hydrogen-bond donors (Lipinski definition) is 5. The Morgan fingerprint density at radius 1 is 1.00 bits per heavy atom. The predicted octanol–water partition coefficient (Wildman–Crippen LogP) is 2.74. The number of phenolic OH excluding ortho intramolecular Hbond substituents is 1. The zero-order valence-corrected chi connectivity index (χ0v) is 18.9. The second-order valence-electron chi connectivity index (χ2n) is 8.40. The van der Waals surface area contributed by atoms with Crippen molar-refractivity contribution in [2.75, 3.05) is 12.3 Å². The second kappa shape index (κ2) is 12.6. The highest BCUT2D eigenvalue weighted by Crippen LogP contribution is 2.28. The van der Waals surface area contributed by atoms with Crippen molar-refractivity contribution < 1.29 is 24.6 Å². The van der Waals surface area contributed by atoms with E-state index in [1.165, 1.54) is 19.1 Å². The Balaban J connectivity index is 0.000000321. The number of aliphatic carboxylic acids is 1. The standard InChI is InChI=1S/C17H24N2O4.C8H9NO/c18-10-12-1-5-13(6-2-12)16(21)19-15(17(22)23)9-11-3-7-14(20)8-4-11;1-6(10)7-2-4-8(9)5-3-7/h3-4,7-8,12-13,15,20H,1-2,5-6,9-10,18H2,(H,19,21)(H,22,23);2-5H,9H2,1H3/t12-,13-,15-;/m0./s1. The van der Waals surface area contributed by atoms with Gasteiger partial charge >= 0.3 is 5.97 Å². The normalized spacial score (nSPS) is 18.4. The van der Waals surface area contributed by atoms with Crippen molar-refractivity contribution in [1.82, 2.24) is 5.32 Å². The molecule has 2 aromatic rings. The first-order chi connectivity index (χ1) is 15.7. The van der Waals surface area contributed by atoms with Crippen LogP contribution in [0.25, 0.3) is 0 Å². The van der Waals surface area contributed by atoms with Gasteiger partial charge in [-0.05, 0) is 87.0 Å². The molecule has 0 aliphatic heterocycles. The fourth-order valence-corrected chi connectivity index (χ4v) is 3.74. The lowest BCUT2D eigenvalue weighted by Gasteiger charge is -2.27. The van der Waals surface area contributed by atoms with Crippen molar-refractivity contribution in [3.8, 4) is 5.75 Å². The number of rotatable bonds is 7. The van der Waals surface area contributed by atoms with Crippen molar-refractivity contribution in [2.24, 2.45) is 17.6 Å². The number of benzene rings is 2. The first kappa shape index (κ1) is 25.9. The lowest BCUT2D eigenvalue weighted by Crippen LogP contribution is -2.45. The number of carbonyl (C=O) groups excluding carboxylic acids is 2. The molecule has 1 atom stereocenters. The molecule has 0 aromatic heterocycles. The van der Waals surface area contributed by atoms with E-state index in [2.05, 4.69) is 5.32 Å². The molecule has 0 saturated heterocycles. The summed E-state index contributed by atoms with van der Waals surface area (Å²) in [5, 5.41) is 21.2. The largest absolute Gasteiger partial charge is 0.508 e. The lowest BCUT2D eigenvalue weighted by molar-refractivity contribution is -0.142. The van der Waals surface area contributed by atoms with Crippen LogP contribution in [0.5, 0.6) is 5.75 Å². The van der Waals surface area contributed by atoms with E-state index in [-0.39, 0.29) is 29.8 Å². The molecule has 178 valence electrons. The van der Waals surface area contributed by atoms with Gasteiger partial charge in [0.2, 0.25) is 5.91 Å². The third-order valence-electron chi connectivity index (χ3n) is 5.86. The van der Waals surface area contributed by atoms with Crippen molar-refractivity contribution in [3.05, 3.63) is 59.7 Å². The molecule has 0 heterocycles. The van der Waals surface area contributed by atoms with Gasteiger partial charge < -0.3 is 27.0 Å². The van der Waals surface area contributed by atoms with Crippen LogP contribution in [-0.4, -0.2) is 40.5 Å². The van der Waals surface area contributed by atoms with Crippen molar-refractivity contribution >= 4 is 23.3 Å². The molecule has 2 aromatic carbocycles. The van der Waals surface area contributed by atoms with Gasteiger partial charge in [0.15, 0.2) is 5.78 Å². The summed E-state index contributed by atoms with van der Waals surface area (Å²) in [7, 11) is 0. The molecular weight excluding hydrogens is 422 g/mol. The van der Waals surface area contributed by atoms with Gasteiger partial charge in [0.25, 0.3) is 0 Å². The third-order valence-corrected chi connectivity index (χ3v) is 5.86. The summed E-state index contributed by atoms with van der Waals surface area (Å²) in [6.07, 6.45) is 3.56. The molecule has 0 unspecified atom stereocenters. The van der Waals surface area contributed by atoms with Crippen LogP contribution < -0.4 is 16.8 Å². The zero-order chi connectivity index (χ0) is 24.4. The zero-order valence-electron chi connectivity index (χ0n) is 18.9. The van der Waals surface area contributed by atoms with E-state index in [0.29, 0.717) is 23.7 Å². The minimum atomic E-state index is -1.05. The van der Waals surface area contributed by atoms with E-state index in [1.807, 2.05) is 0 Å². The number of nitrogens with two attached hydrogens (primary N) is 2. The van der Waals surface area contributed by atoms with Gasteiger partial charge in [-0.25, -0.2) is 4.79 Å². The number of Topliss-reactive ketones (excluding diaryl/α,β-unsaturated/α-hetero) is 1. The van der Waals surface area contributed by atoms with Crippen LogP contribution in [0.15, 0.2) is 48.5 Å². The van der Waals surface area contributed by atoms with Crippen LogP contribution in [0, 0.1) is 11.8 Å². The van der Waals surface area contributed by atoms with Crippen LogP contribution in [0.4, 0.5) is 5.69 Å². The topological polar surface area (TPSA) is 156 Å². The average molecular weight is 456 g/mol. The average Bonchev–Trinajstić information content (AvgIpc) is 2.80. The van der Waals surface area contributed by atoms with E-state index in [9.17, 15) is 24.6 Å². The number of ketones is 1. The molecule has 1 aliphatic rings. The molecule has 33 heavy (non-hydrogen) atoms. The van der Waals surface area contributed by atoms with Crippen LogP contribution >= 0.6 is 0 Å². The second-order valence-corrected chi connectivity index (χ2v) is 8.40. The van der Waals surface area contributed by atoms with Gasteiger partial charge in [0.05, 0.1) is 0 Å². The minimum absolute atomic E-state index is 0.0694. The van der Waals surface area contributed by atoms with Crippen molar-refractivity contribution in [2.45, 2.75) is 45.1 Å². The quantitative estimate of drug-likeness (QED) is 0.317. The highest BCUT2D eigenvalue weighted by atomic mass is 16.4. The van der Waals surface area contributed by atoms with Crippen molar-refractivity contribution in [3.63, 3.8) is 0 Å². The SMILES string of the molecule is CC(=O)c1ccc(N)cc1.NC[C@H]1CC[C@H](C(=O)N[C@@H](Cc2ccc(O)cc2)C(=O)O)CC1. The summed E-state index contributed by atoms with van der Waals surface area (Å²) < 4.78 is 0. The first-order valence-electron chi connectivity index (χ1n) is 11.1. The Kier molecular flexibility index (Phi) is 9.87. The molecular formula is C25H33N3O5. The number of phenols is 1. The molecule has 0 spiro atoms. The molecule has 7 N–H and O–H groups in total. The Bertz CT molecular complexity index is 920. The molecule has 0 radical (unpaired) electrons. The van der Waals surface area contributed by atoms with Gasteiger partial charge in [0.1, 0.15) is 11.8 Å². The van der Waals surface area contributed by atoms with Crippen LogP contribution in [-0.2, 0) is 16.0 Å². The Morgan fingerprint density at radius 3 is 2.06 bits per heavy atom. The van der Waals surface area contributed by atoms with Crippen LogP contribution in [0.1, 0.15) is 48.5 Å². The van der Waals surface area contributed by atoms with Gasteiger partial charge in [0, 0.05) is 23.6 Å². The molecule has 8 nitrogen and oxygen atoms in total. The van der Waals surface area contributed by atoms with E-state index in [1.54, 1.807) is 36.4 Å². The third kappa shape index (κ3) is 8.57. The number of aromatic hydroxyl groups is 1. The lowest BCUT2D eigenvalue weighted by atomic mass is 9.81. The monoisotopic (exact) mass is 455 g/mol. The maximum Gasteiger partial charge on any atom is 0.326 e. The number of hydrogen-bond acceptors (Lipinski definition) is 6. The molecule has 1 amide bonds. The highest BCUT2D eigenvalue weighted by molar-refractivity contribution is 5.94. The Labute approximate surface area is 194 Å². The molecule has 0 bridgehead atoms. The van der Waals surface area contributed by atoms with E-state index < -0.39 is 12.0 Å². The number of carboxylic acid groups (broad SMARTS) is 1. The molecule has 1 aliphatic carbocycles. The van der Waals surface area contributed by atoms with Crippen LogP contribution in [0.2, 0.25) is 0 Å². The summed E-state index contributed by atoms with van der Waals surface area (Å²) >= 11 is 0. The van der Waals surface area contributed by atoms with Gasteiger partial charge in [-0.3, -0.25) is 9.59 Å². The van der Waals surface area contributed by atoms with Gasteiger partial charge in [-0.15, -0.1) is 0 Å². The van der Waals surface area contributed by atoms with Crippen molar-refractivity contribution in [1.29, 1.82) is 0 Å². The van der Waals surface area contributed by atoms with Gasteiger partial charge in [-0.2, -0.15) is 0 Å². The first-order valence-corrected chi connectivity index (χ1v) is 11.1. The van der Waals surface area contributed by atoms with Gasteiger partial charge in [-0.1, -0.05) is 12.1 Å². The maximum absolute atomic E-state index is 12.3. The smallest absolute Gasteiger partial charge is 0.326 e. The molecule has 3 rings (SSSR count). The maximum atomic E-state index is 12.3. The fourth-order valence-electron chi connectivity index (χ4n) is 3.74. The number of nitrogen functional groups attached to an aromatic ring is 1. The predicted molar refractivity (Wildman–Crippen MR) is 127 cm³/mol. The summed E-state index contributed by atoms with van der Waals surface area (Å²) in [6.45, 7) is 2.18. The minimum Gasteiger partial charge on any atom is -0.508 e. The number of amides is 1. The van der Waals surface area contributed by atoms with E-state index in [4.69, 9.17) is 11.5 Å². The number of anilines is 1. The summed E-state index contributed by atoms with van der Waals surface area (Å²) in [5.41, 5.74) is 13.2. The van der Waals surface area contributed by atoms with E-state index >= 15 is 0 Å². The number of carbonyl (C=O) groups is 3.